The Balaban J connectivity index is 1.48. The first-order valence-electron chi connectivity index (χ1n) is 8.44. The SMILES string of the molecule is N#Cc1ccc(NC(=O)c2ccc(NCCN3CCOCC3)nn2)cc1. The van der Waals surface area contributed by atoms with Gasteiger partial charge in [0.1, 0.15) is 5.82 Å². The molecule has 8 nitrogen and oxygen atoms in total. The van der Waals surface area contributed by atoms with Crippen LogP contribution < -0.4 is 10.6 Å². The van der Waals surface area contributed by atoms with Crippen LogP contribution in [0.4, 0.5) is 11.5 Å². The highest BCUT2D eigenvalue weighted by atomic mass is 16.5. The number of nitrogens with one attached hydrogen (secondary N) is 2. The van der Waals surface area contributed by atoms with Gasteiger partial charge in [-0.25, -0.2) is 0 Å². The first-order chi connectivity index (χ1) is 12.7. The van der Waals surface area contributed by atoms with Crippen LogP contribution in [-0.2, 0) is 4.74 Å². The normalized spacial score (nSPS) is 14.4. The second kappa shape index (κ2) is 8.89. The molecule has 2 heterocycles. The highest BCUT2D eigenvalue weighted by Crippen LogP contribution is 2.10. The molecule has 0 unspecified atom stereocenters. The van der Waals surface area contributed by atoms with Gasteiger partial charge in [0.15, 0.2) is 5.69 Å². The molecule has 1 saturated heterocycles. The number of nitrogens with zero attached hydrogens (tertiary/aromatic N) is 4. The molecule has 1 aliphatic heterocycles. The number of amides is 1. The summed E-state index contributed by atoms with van der Waals surface area (Å²) in [5.41, 5.74) is 1.37. The molecule has 2 N–H and O–H groups in total. The molecule has 26 heavy (non-hydrogen) atoms. The summed E-state index contributed by atoms with van der Waals surface area (Å²) in [5, 5.41) is 22.7. The summed E-state index contributed by atoms with van der Waals surface area (Å²) < 4.78 is 5.32. The first-order valence-corrected chi connectivity index (χ1v) is 8.44. The molecule has 0 spiro atoms. The molecule has 2 aromatic rings. The average Bonchev–Trinajstić information content (AvgIpc) is 2.70. The van der Waals surface area contributed by atoms with Gasteiger partial charge in [-0.15, -0.1) is 10.2 Å². The molecule has 134 valence electrons. The molecule has 1 amide bonds. The third kappa shape index (κ3) is 4.99. The van der Waals surface area contributed by atoms with Gasteiger partial charge in [-0.1, -0.05) is 0 Å². The molecule has 0 radical (unpaired) electrons. The van der Waals surface area contributed by atoms with E-state index in [1.165, 1.54) is 0 Å². The van der Waals surface area contributed by atoms with Gasteiger partial charge in [0.25, 0.3) is 5.91 Å². The van der Waals surface area contributed by atoms with Crippen LogP contribution in [0, 0.1) is 11.3 Å². The maximum Gasteiger partial charge on any atom is 0.276 e. The molecule has 8 heteroatoms. The third-order valence-electron chi connectivity index (χ3n) is 4.01. The Morgan fingerprint density at radius 1 is 1.15 bits per heavy atom. The number of carbonyl (C=O) groups is 1. The van der Waals surface area contributed by atoms with E-state index >= 15 is 0 Å². The zero-order chi connectivity index (χ0) is 18.2. The molecule has 0 bridgehead atoms. The monoisotopic (exact) mass is 352 g/mol. The lowest BCUT2D eigenvalue weighted by atomic mass is 10.2. The molecule has 1 aromatic carbocycles. The lowest BCUT2D eigenvalue weighted by Gasteiger charge is -2.26. The highest BCUT2D eigenvalue weighted by molar-refractivity contribution is 6.02. The number of rotatable bonds is 6. The molecule has 0 aliphatic carbocycles. The quantitative estimate of drug-likeness (QED) is 0.809. The van der Waals surface area contributed by atoms with Crippen LogP contribution in [0.2, 0.25) is 0 Å². The largest absolute Gasteiger partial charge is 0.379 e. The lowest BCUT2D eigenvalue weighted by Crippen LogP contribution is -2.39. The second-order valence-corrected chi connectivity index (χ2v) is 5.83. The molecule has 1 fully saturated rings. The molecule has 1 aliphatic rings. The van der Waals surface area contributed by atoms with Gasteiger partial charge >= 0.3 is 0 Å². The minimum absolute atomic E-state index is 0.230. The Morgan fingerprint density at radius 2 is 1.92 bits per heavy atom. The zero-order valence-corrected chi connectivity index (χ0v) is 14.3. The van der Waals surface area contributed by atoms with Crippen molar-refractivity contribution in [1.82, 2.24) is 15.1 Å². The Kier molecular flexibility index (Phi) is 6.09. The van der Waals surface area contributed by atoms with E-state index in [2.05, 4.69) is 25.7 Å². The number of hydrogen-bond donors (Lipinski definition) is 2. The number of benzene rings is 1. The van der Waals surface area contributed by atoms with E-state index in [0.29, 0.717) is 17.1 Å². The molecule has 1 aromatic heterocycles. The number of aromatic nitrogens is 2. The van der Waals surface area contributed by atoms with Crippen molar-refractivity contribution in [3.8, 4) is 6.07 Å². The predicted octanol–water partition coefficient (Wildman–Crippen LogP) is 1.34. The fourth-order valence-electron chi connectivity index (χ4n) is 2.54. The molecule has 0 saturated carbocycles. The van der Waals surface area contributed by atoms with E-state index < -0.39 is 0 Å². The second-order valence-electron chi connectivity index (χ2n) is 5.83. The average molecular weight is 352 g/mol. The minimum Gasteiger partial charge on any atom is -0.379 e. The van der Waals surface area contributed by atoms with Gasteiger partial charge in [0.05, 0.1) is 24.8 Å². The Labute approximate surface area is 151 Å². The van der Waals surface area contributed by atoms with Crippen molar-refractivity contribution in [2.45, 2.75) is 0 Å². The van der Waals surface area contributed by atoms with E-state index in [1.54, 1.807) is 36.4 Å². The van der Waals surface area contributed by atoms with E-state index in [-0.39, 0.29) is 11.6 Å². The van der Waals surface area contributed by atoms with Gasteiger partial charge in [-0.3, -0.25) is 9.69 Å². The summed E-state index contributed by atoms with van der Waals surface area (Å²) in [5.74, 6) is 0.287. The van der Waals surface area contributed by atoms with Crippen LogP contribution in [0.1, 0.15) is 16.1 Å². The van der Waals surface area contributed by atoms with Crippen molar-refractivity contribution in [3.63, 3.8) is 0 Å². The van der Waals surface area contributed by atoms with Crippen molar-refractivity contribution >= 4 is 17.4 Å². The molecular formula is C18H20N6O2. The standard InChI is InChI=1S/C18H20N6O2/c19-13-14-1-3-15(4-2-14)21-18(25)16-5-6-17(23-22-16)20-7-8-24-9-11-26-12-10-24/h1-6H,7-12H2,(H,20,23)(H,21,25). The lowest BCUT2D eigenvalue weighted by molar-refractivity contribution is 0.0398. The van der Waals surface area contributed by atoms with Crippen LogP contribution in [0.15, 0.2) is 36.4 Å². The fraction of sp³-hybridized carbons (Fsp3) is 0.333. The number of ether oxygens (including phenoxy) is 1. The number of anilines is 2. The fourth-order valence-corrected chi connectivity index (χ4v) is 2.54. The van der Waals surface area contributed by atoms with Crippen LogP contribution in [0.3, 0.4) is 0 Å². The van der Waals surface area contributed by atoms with E-state index in [4.69, 9.17) is 10.00 Å². The van der Waals surface area contributed by atoms with E-state index in [1.807, 2.05) is 6.07 Å². The van der Waals surface area contributed by atoms with E-state index in [9.17, 15) is 4.79 Å². The third-order valence-corrected chi connectivity index (χ3v) is 4.01. The smallest absolute Gasteiger partial charge is 0.276 e. The Bertz CT molecular complexity index is 764. The van der Waals surface area contributed by atoms with Crippen LogP contribution in [0.5, 0.6) is 0 Å². The molecule has 3 rings (SSSR count). The summed E-state index contributed by atoms with van der Waals surface area (Å²) in [6, 6.07) is 12.0. The summed E-state index contributed by atoms with van der Waals surface area (Å²) in [6.45, 7) is 5.12. The number of nitriles is 1. The Morgan fingerprint density at radius 3 is 2.58 bits per heavy atom. The van der Waals surface area contributed by atoms with Crippen molar-refractivity contribution in [2.75, 3.05) is 50.0 Å². The van der Waals surface area contributed by atoms with Crippen molar-refractivity contribution < 1.29 is 9.53 Å². The van der Waals surface area contributed by atoms with Gasteiger partial charge in [0, 0.05) is 31.9 Å². The van der Waals surface area contributed by atoms with Crippen molar-refractivity contribution in [2.24, 2.45) is 0 Å². The van der Waals surface area contributed by atoms with E-state index in [0.717, 1.165) is 39.4 Å². The van der Waals surface area contributed by atoms with Crippen LogP contribution >= 0.6 is 0 Å². The maximum atomic E-state index is 12.2. The summed E-state index contributed by atoms with van der Waals surface area (Å²) >= 11 is 0. The summed E-state index contributed by atoms with van der Waals surface area (Å²) in [6.07, 6.45) is 0. The van der Waals surface area contributed by atoms with Gasteiger partial charge < -0.3 is 15.4 Å². The summed E-state index contributed by atoms with van der Waals surface area (Å²) in [4.78, 5) is 14.5. The van der Waals surface area contributed by atoms with Crippen LogP contribution in [-0.4, -0.2) is 60.4 Å². The van der Waals surface area contributed by atoms with Crippen molar-refractivity contribution in [1.29, 1.82) is 5.26 Å². The predicted molar refractivity (Wildman–Crippen MR) is 96.9 cm³/mol. The number of hydrogen-bond acceptors (Lipinski definition) is 7. The maximum absolute atomic E-state index is 12.2. The summed E-state index contributed by atoms with van der Waals surface area (Å²) in [7, 11) is 0. The van der Waals surface area contributed by atoms with Gasteiger partial charge in [-0.05, 0) is 36.4 Å². The van der Waals surface area contributed by atoms with Gasteiger partial charge in [0.2, 0.25) is 0 Å². The van der Waals surface area contributed by atoms with Crippen molar-refractivity contribution in [3.05, 3.63) is 47.7 Å². The zero-order valence-electron chi connectivity index (χ0n) is 14.3. The number of carbonyl (C=O) groups excluding carboxylic acids is 1. The topological polar surface area (TPSA) is 103 Å². The highest BCUT2D eigenvalue weighted by Gasteiger charge is 2.11. The molecular weight excluding hydrogens is 332 g/mol. The number of morpholine rings is 1. The molecule has 0 atom stereocenters. The minimum atomic E-state index is -0.345. The first kappa shape index (κ1) is 17.8. The Hall–Kier alpha value is -3.02. The van der Waals surface area contributed by atoms with Crippen LogP contribution in [0.25, 0.3) is 0 Å². The van der Waals surface area contributed by atoms with Gasteiger partial charge in [-0.2, -0.15) is 5.26 Å².